The largest absolute Gasteiger partial charge is 0.396 e. The smallest absolute Gasteiger partial charge is 0.246 e. The van der Waals surface area contributed by atoms with E-state index in [2.05, 4.69) is 0 Å². The quantitative estimate of drug-likeness (QED) is 0.800. The number of halogens is 2. The van der Waals surface area contributed by atoms with Crippen molar-refractivity contribution in [3.8, 4) is 0 Å². The molecule has 0 unspecified atom stereocenters. The van der Waals surface area contributed by atoms with Crippen molar-refractivity contribution in [1.82, 2.24) is 4.31 Å². The molecule has 0 saturated carbocycles. The summed E-state index contributed by atoms with van der Waals surface area (Å²) < 4.78 is 52.6. The van der Waals surface area contributed by atoms with Crippen LogP contribution in [0.3, 0.4) is 0 Å². The first kappa shape index (κ1) is 17.0. The molecule has 0 aromatic heterocycles. The molecule has 4 nitrogen and oxygen atoms in total. The van der Waals surface area contributed by atoms with Crippen molar-refractivity contribution in [2.45, 2.75) is 31.1 Å². The van der Waals surface area contributed by atoms with E-state index in [-0.39, 0.29) is 26.1 Å². The van der Waals surface area contributed by atoms with E-state index in [0.29, 0.717) is 12.5 Å². The Balaban J connectivity index is 3.10. The second-order valence-electron chi connectivity index (χ2n) is 4.41. The Bertz CT molecular complexity index is 526. The molecule has 0 saturated heterocycles. The number of hydrogen-bond acceptors (Lipinski definition) is 3. The molecule has 1 rings (SSSR count). The number of aliphatic hydroxyl groups is 1. The summed E-state index contributed by atoms with van der Waals surface area (Å²) in [4.78, 5) is -0.661. The van der Waals surface area contributed by atoms with Crippen molar-refractivity contribution < 1.29 is 22.3 Å². The average molecular weight is 307 g/mol. The minimum atomic E-state index is -4.09. The van der Waals surface area contributed by atoms with Gasteiger partial charge in [0.05, 0.1) is 0 Å². The van der Waals surface area contributed by atoms with Gasteiger partial charge in [0.1, 0.15) is 16.5 Å². The molecule has 1 N–H and O–H groups in total. The van der Waals surface area contributed by atoms with E-state index in [1.807, 2.05) is 6.92 Å². The van der Waals surface area contributed by atoms with Crippen molar-refractivity contribution in [1.29, 1.82) is 0 Å². The van der Waals surface area contributed by atoms with Gasteiger partial charge in [-0.2, -0.15) is 4.31 Å². The lowest BCUT2D eigenvalue weighted by atomic mass is 10.3. The molecule has 1 aromatic carbocycles. The van der Waals surface area contributed by atoms with Crippen LogP contribution in [0.1, 0.15) is 26.2 Å². The summed E-state index contributed by atoms with van der Waals surface area (Å²) in [5, 5.41) is 8.82. The van der Waals surface area contributed by atoms with Gasteiger partial charge in [-0.25, -0.2) is 17.2 Å². The summed E-state index contributed by atoms with van der Waals surface area (Å²) >= 11 is 0. The highest BCUT2D eigenvalue weighted by Crippen LogP contribution is 2.21. The molecule has 0 amide bonds. The monoisotopic (exact) mass is 307 g/mol. The number of sulfonamides is 1. The fourth-order valence-corrected chi connectivity index (χ4v) is 3.34. The van der Waals surface area contributed by atoms with Crippen LogP contribution >= 0.6 is 0 Å². The van der Waals surface area contributed by atoms with E-state index in [1.54, 1.807) is 0 Å². The van der Waals surface area contributed by atoms with E-state index in [9.17, 15) is 17.2 Å². The summed E-state index contributed by atoms with van der Waals surface area (Å²) in [6.45, 7) is 2.03. The summed E-state index contributed by atoms with van der Waals surface area (Å²) in [5.41, 5.74) is 0. The summed E-state index contributed by atoms with van der Waals surface area (Å²) in [6, 6.07) is 2.35. The average Bonchev–Trinajstić information content (AvgIpc) is 2.41. The number of hydrogen-bond donors (Lipinski definition) is 1. The van der Waals surface area contributed by atoms with Gasteiger partial charge in [0.2, 0.25) is 10.0 Å². The van der Waals surface area contributed by atoms with Gasteiger partial charge >= 0.3 is 0 Å². The van der Waals surface area contributed by atoms with Gasteiger partial charge in [-0.3, -0.25) is 0 Å². The van der Waals surface area contributed by atoms with Gasteiger partial charge in [-0.05, 0) is 31.0 Å². The van der Waals surface area contributed by atoms with Gasteiger partial charge in [0.25, 0.3) is 0 Å². The van der Waals surface area contributed by atoms with Crippen LogP contribution in [0.15, 0.2) is 23.1 Å². The van der Waals surface area contributed by atoms with Crippen LogP contribution in [-0.4, -0.2) is 37.5 Å². The van der Waals surface area contributed by atoms with Crippen molar-refractivity contribution >= 4 is 10.0 Å². The maximum atomic E-state index is 13.6. The van der Waals surface area contributed by atoms with Crippen LogP contribution in [0, 0.1) is 11.6 Å². The summed E-state index contributed by atoms with van der Waals surface area (Å²) in [7, 11) is -4.09. The molecule has 7 heteroatoms. The van der Waals surface area contributed by atoms with Crippen molar-refractivity contribution in [2.75, 3.05) is 19.7 Å². The zero-order chi connectivity index (χ0) is 15.2. The van der Waals surface area contributed by atoms with Crippen molar-refractivity contribution in [3.63, 3.8) is 0 Å². The molecule has 0 bridgehead atoms. The van der Waals surface area contributed by atoms with E-state index in [0.717, 1.165) is 22.9 Å². The number of unbranched alkanes of at least 4 members (excludes halogenated alkanes) is 1. The van der Waals surface area contributed by atoms with Gasteiger partial charge in [0, 0.05) is 19.7 Å². The minimum Gasteiger partial charge on any atom is -0.396 e. The molecule has 0 radical (unpaired) electrons. The van der Waals surface area contributed by atoms with Gasteiger partial charge in [0.15, 0.2) is 0 Å². The standard InChI is InChI=1S/C13H19F2NO3S/c1-2-3-7-16(8-4-9-17)20(18,19)13-10-11(14)5-6-12(13)15/h5-6,10,17H,2-4,7-9H2,1H3. The molecular formula is C13H19F2NO3S. The lowest BCUT2D eigenvalue weighted by molar-refractivity contribution is 0.268. The molecule has 0 aliphatic rings. The first-order valence-corrected chi connectivity index (χ1v) is 7.93. The Morgan fingerprint density at radius 1 is 1.20 bits per heavy atom. The maximum absolute atomic E-state index is 13.6. The lowest BCUT2D eigenvalue weighted by Crippen LogP contribution is -2.34. The normalized spacial score (nSPS) is 12.1. The molecule has 0 spiro atoms. The SMILES string of the molecule is CCCCN(CCCO)S(=O)(=O)c1cc(F)ccc1F. The first-order valence-electron chi connectivity index (χ1n) is 6.49. The Hall–Kier alpha value is -1.05. The molecule has 0 aliphatic heterocycles. The molecule has 0 atom stereocenters. The zero-order valence-corrected chi connectivity index (χ0v) is 12.2. The van der Waals surface area contributed by atoms with Crippen LogP contribution in [0.2, 0.25) is 0 Å². The fourth-order valence-electron chi connectivity index (χ4n) is 1.75. The maximum Gasteiger partial charge on any atom is 0.246 e. The van der Waals surface area contributed by atoms with Gasteiger partial charge in [-0.1, -0.05) is 13.3 Å². The Labute approximate surface area is 118 Å². The van der Waals surface area contributed by atoms with Crippen LogP contribution in [0.5, 0.6) is 0 Å². The van der Waals surface area contributed by atoms with Crippen LogP contribution in [0.25, 0.3) is 0 Å². The zero-order valence-electron chi connectivity index (χ0n) is 11.3. The van der Waals surface area contributed by atoms with Crippen LogP contribution in [-0.2, 0) is 10.0 Å². The molecule has 20 heavy (non-hydrogen) atoms. The minimum absolute atomic E-state index is 0.0782. The van der Waals surface area contributed by atoms with Crippen LogP contribution in [0.4, 0.5) is 8.78 Å². The third kappa shape index (κ3) is 4.22. The molecule has 0 aliphatic carbocycles. The number of benzene rings is 1. The summed E-state index contributed by atoms with van der Waals surface area (Å²) in [5.74, 6) is -1.78. The van der Waals surface area contributed by atoms with Crippen LogP contribution < -0.4 is 0 Å². The second kappa shape index (κ2) is 7.66. The topological polar surface area (TPSA) is 57.6 Å². The highest BCUT2D eigenvalue weighted by atomic mass is 32.2. The highest BCUT2D eigenvalue weighted by molar-refractivity contribution is 7.89. The fraction of sp³-hybridized carbons (Fsp3) is 0.538. The first-order chi connectivity index (χ1) is 9.43. The van der Waals surface area contributed by atoms with Gasteiger partial charge in [-0.15, -0.1) is 0 Å². The number of rotatable bonds is 8. The Morgan fingerprint density at radius 2 is 1.85 bits per heavy atom. The second-order valence-corrected chi connectivity index (χ2v) is 6.32. The van der Waals surface area contributed by atoms with Crippen molar-refractivity contribution in [3.05, 3.63) is 29.8 Å². The molecule has 0 heterocycles. The van der Waals surface area contributed by atoms with E-state index >= 15 is 0 Å². The highest BCUT2D eigenvalue weighted by Gasteiger charge is 2.27. The van der Waals surface area contributed by atoms with Crippen molar-refractivity contribution in [2.24, 2.45) is 0 Å². The third-order valence-corrected chi connectivity index (χ3v) is 4.75. The predicted octanol–water partition coefficient (Wildman–Crippen LogP) is 2.14. The summed E-state index contributed by atoms with van der Waals surface area (Å²) in [6.07, 6.45) is 1.64. The van der Waals surface area contributed by atoms with E-state index in [4.69, 9.17) is 5.11 Å². The van der Waals surface area contributed by atoms with E-state index in [1.165, 1.54) is 0 Å². The van der Waals surface area contributed by atoms with Gasteiger partial charge < -0.3 is 5.11 Å². The van der Waals surface area contributed by atoms with E-state index < -0.39 is 26.6 Å². The molecule has 0 fully saturated rings. The number of aliphatic hydroxyl groups excluding tert-OH is 1. The molecular weight excluding hydrogens is 288 g/mol. The third-order valence-electron chi connectivity index (χ3n) is 2.84. The number of nitrogens with zero attached hydrogens (tertiary/aromatic N) is 1. The lowest BCUT2D eigenvalue weighted by Gasteiger charge is -2.22. The molecule has 1 aromatic rings. The Morgan fingerprint density at radius 3 is 2.45 bits per heavy atom. The predicted molar refractivity (Wildman–Crippen MR) is 71.7 cm³/mol. The Kier molecular flexibility index (Phi) is 6.51. The molecule has 114 valence electrons.